The summed E-state index contributed by atoms with van der Waals surface area (Å²) in [5.41, 5.74) is 0. The van der Waals surface area contributed by atoms with Crippen LogP contribution in [0.3, 0.4) is 0 Å². The summed E-state index contributed by atoms with van der Waals surface area (Å²) in [6, 6.07) is 0.848. The lowest BCUT2D eigenvalue weighted by Crippen LogP contribution is -2.26. The molecular weight excluding hydrogens is 158 g/mol. The summed E-state index contributed by atoms with van der Waals surface area (Å²) in [4.78, 5) is 0. The molecule has 13 heavy (non-hydrogen) atoms. The summed E-state index contributed by atoms with van der Waals surface area (Å²) >= 11 is 0. The van der Waals surface area contributed by atoms with Gasteiger partial charge in [-0.2, -0.15) is 0 Å². The van der Waals surface area contributed by atoms with Crippen LogP contribution in [0.15, 0.2) is 0 Å². The summed E-state index contributed by atoms with van der Waals surface area (Å²) in [5.74, 6) is 2.09. The van der Waals surface area contributed by atoms with Crippen LogP contribution in [-0.4, -0.2) is 12.6 Å². The molecule has 2 unspecified atom stereocenters. The van der Waals surface area contributed by atoms with E-state index in [1.807, 2.05) is 0 Å². The Hall–Kier alpha value is -0.0400. The lowest BCUT2D eigenvalue weighted by atomic mass is 9.87. The fourth-order valence-corrected chi connectivity index (χ4v) is 3.26. The van der Waals surface area contributed by atoms with E-state index in [1.165, 1.54) is 51.5 Å². The molecule has 1 saturated carbocycles. The monoisotopic (exact) mass is 181 g/mol. The standard InChI is InChI=1S/C12H23N/c1-2-12-11(7-8-13-12)9-10-5-3-4-6-10/h10-13H,2-9H2,1H3. The lowest BCUT2D eigenvalue weighted by Gasteiger charge is -2.21. The van der Waals surface area contributed by atoms with Crippen molar-refractivity contribution in [2.24, 2.45) is 11.8 Å². The molecule has 1 aliphatic heterocycles. The number of hydrogen-bond donors (Lipinski definition) is 1. The van der Waals surface area contributed by atoms with Gasteiger partial charge in [0.25, 0.3) is 0 Å². The summed E-state index contributed by atoms with van der Waals surface area (Å²) in [5, 5.41) is 3.63. The van der Waals surface area contributed by atoms with E-state index in [0.29, 0.717) is 0 Å². The van der Waals surface area contributed by atoms with Crippen molar-refractivity contribution in [2.45, 2.75) is 57.9 Å². The molecule has 0 aromatic heterocycles. The highest BCUT2D eigenvalue weighted by molar-refractivity contribution is 4.85. The van der Waals surface area contributed by atoms with Crippen LogP contribution in [0, 0.1) is 11.8 Å². The first-order chi connectivity index (χ1) is 6.40. The van der Waals surface area contributed by atoms with Gasteiger partial charge in [0.2, 0.25) is 0 Å². The van der Waals surface area contributed by atoms with Crippen molar-refractivity contribution in [3.8, 4) is 0 Å². The van der Waals surface area contributed by atoms with Gasteiger partial charge in [-0.05, 0) is 37.6 Å². The first kappa shape index (κ1) is 9.51. The van der Waals surface area contributed by atoms with Crippen molar-refractivity contribution in [1.82, 2.24) is 5.32 Å². The normalized spacial score (nSPS) is 35.8. The molecule has 0 spiro atoms. The molecule has 1 saturated heterocycles. The Morgan fingerprint density at radius 2 is 1.92 bits per heavy atom. The molecule has 1 N–H and O–H groups in total. The Bertz CT molecular complexity index is 149. The van der Waals surface area contributed by atoms with Crippen LogP contribution >= 0.6 is 0 Å². The Morgan fingerprint density at radius 3 is 2.62 bits per heavy atom. The highest BCUT2D eigenvalue weighted by Gasteiger charge is 2.28. The smallest absolute Gasteiger partial charge is 0.00932 e. The molecule has 2 fully saturated rings. The maximum Gasteiger partial charge on any atom is 0.00932 e. The highest BCUT2D eigenvalue weighted by atomic mass is 14.9. The lowest BCUT2D eigenvalue weighted by molar-refractivity contribution is 0.337. The molecule has 76 valence electrons. The first-order valence-corrected chi connectivity index (χ1v) is 6.13. The minimum atomic E-state index is 0.848. The van der Waals surface area contributed by atoms with Crippen molar-refractivity contribution < 1.29 is 0 Å². The second-order valence-electron chi connectivity index (χ2n) is 4.90. The average Bonchev–Trinajstić information content (AvgIpc) is 2.76. The molecule has 1 heteroatoms. The quantitative estimate of drug-likeness (QED) is 0.706. The van der Waals surface area contributed by atoms with Crippen molar-refractivity contribution in [3.05, 3.63) is 0 Å². The zero-order valence-electron chi connectivity index (χ0n) is 8.89. The molecule has 2 aliphatic rings. The maximum absolute atomic E-state index is 3.63. The predicted molar refractivity (Wildman–Crippen MR) is 56.8 cm³/mol. The predicted octanol–water partition coefficient (Wildman–Crippen LogP) is 2.95. The topological polar surface area (TPSA) is 12.0 Å². The van der Waals surface area contributed by atoms with Gasteiger partial charge in [-0.3, -0.25) is 0 Å². The Labute approximate surface area is 82.3 Å². The van der Waals surface area contributed by atoms with Crippen LogP contribution < -0.4 is 5.32 Å². The largest absolute Gasteiger partial charge is 0.314 e. The maximum atomic E-state index is 3.63. The van der Waals surface area contributed by atoms with Crippen LogP contribution in [0.5, 0.6) is 0 Å². The molecule has 0 bridgehead atoms. The van der Waals surface area contributed by atoms with Gasteiger partial charge < -0.3 is 5.32 Å². The fourth-order valence-electron chi connectivity index (χ4n) is 3.26. The molecular formula is C12H23N. The molecule has 1 nitrogen and oxygen atoms in total. The van der Waals surface area contributed by atoms with Crippen molar-refractivity contribution in [1.29, 1.82) is 0 Å². The SMILES string of the molecule is CCC1NCCC1CC1CCCC1. The van der Waals surface area contributed by atoms with E-state index in [4.69, 9.17) is 0 Å². The van der Waals surface area contributed by atoms with E-state index in [-0.39, 0.29) is 0 Å². The molecule has 0 radical (unpaired) electrons. The second-order valence-corrected chi connectivity index (χ2v) is 4.90. The van der Waals surface area contributed by atoms with Gasteiger partial charge in [-0.15, -0.1) is 0 Å². The summed E-state index contributed by atoms with van der Waals surface area (Å²) in [6.45, 7) is 3.60. The zero-order valence-corrected chi connectivity index (χ0v) is 8.89. The van der Waals surface area contributed by atoms with Crippen LogP contribution in [0.4, 0.5) is 0 Å². The second kappa shape index (κ2) is 4.45. The van der Waals surface area contributed by atoms with Crippen molar-refractivity contribution in [2.75, 3.05) is 6.54 Å². The third-order valence-electron chi connectivity index (χ3n) is 4.04. The first-order valence-electron chi connectivity index (χ1n) is 6.13. The molecule has 0 aromatic rings. The van der Waals surface area contributed by atoms with Gasteiger partial charge in [-0.1, -0.05) is 32.6 Å². The zero-order chi connectivity index (χ0) is 9.10. The average molecular weight is 181 g/mol. The van der Waals surface area contributed by atoms with Gasteiger partial charge in [0, 0.05) is 6.04 Å². The molecule has 0 aromatic carbocycles. The third-order valence-corrected chi connectivity index (χ3v) is 4.04. The van der Waals surface area contributed by atoms with E-state index >= 15 is 0 Å². The van der Waals surface area contributed by atoms with E-state index in [1.54, 1.807) is 0 Å². The van der Waals surface area contributed by atoms with E-state index in [2.05, 4.69) is 12.2 Å². The van der Waals surface area contributed by atoms with E-state index in [0.717, 1.165) is 17.9 Å². The molecule has 1 aliphatic carbocycles. The minimum Gasteiger partial charge on any atom is -0.314 e. The Kier molecular flexibility index (Phi) is 3.26. The van der Waals surface area contributed by atoms with Crippen molar-refractivity contribution >= 4 is 0 Å². The summed E-state index contributed by atoms with van der Waals surface area (Å²) in [6.07, 6.45) is 10.3. The molecule has 2 rings (SSSR count). The van der Waals surface area contributed by atoms with Crippen LogP contribution in [-0.2, 0) is 0 Å². The van der Waals surface area contributed by atoms with Gasteiger partial charge in [0.1, 0.15) is 0 Å². The number of nitrogens with one attached hydrogen (secondary N) is 1. The van der Waals surface area contributed by atoms with Crippen LogP contribution in [0.25, 0.3) is 0 Å². The van der Waals surface area contributed by atoms with Gasteiger partial charge in [0.15, 0.2) is 0 Å². The Balaban J connectivity index is 1.79. The van der Waals surface area contributed by atoms with E-state index in [9.17, 15) is 0 Å². The third kappa shape index (κ3) is 2.25. The van der Waals surface area contributed by atoms with Gasteiger partial charge in [-0.25, -0.2) is 0 Å². The molecule has 1 heterocycles. The summed E-state index contributed by atoms with van der Waals surface area (Å²) in [7, 11) is 0. The van der Waals surface area contributed by atoms with Crippen LogP contribution in [0.2, 0.25) is 0 Å². The Morgan fingerprint density at radius 1 is 1.15 bits per heavy atom. The van der Waals surface area contributed by atoms with E-state index < -0.39 is 0 Å². The van der Waals surface area contributed by atoms with Crippen molar-refractivity contribution in [3.63, 3.8) is 0 Å². The minimum absolute atomic E-state index is 0.848. The van der Waals surface area contributed by atoms with Crippen LogP contribution in [0.1, 0.15) is 51.9 Å². The number of hydrogen-bond acceptors (Lipinski definition) is 1. The van der Waals surface area contributed by atoms with Gasteiger partial charge >= 0.3 is 0 Å². The summed E-state index contributed by atoms with van der Waals surface area (Å²) < 4.78 is 0. The molecule has 0 amide bonds. The number of rotatable bonds is 3. The molecule has 2 atom stereocenters. The highest BCUT2D eigenvalue weighted by Crippen LogP contribution is 2.34. The fraction of sp³-hybridized carbons (Fsp3) is 1.00. The van der Waals surface area contributed by atoms with Gasteiger partial charge in [0.05, 0.1) is 0 Å².